The maximum Gasteiger partial charge on any atom is 0.224 e. The molecule has 3 heterocycles. The lowest BCUT2D eigenvalue weighted by Crippen LogP contribution is -2.48. The van der Waals surface area contributed by atoms with Gasteiger partial charge >= 0.3 is 0 Å². The highest BCUT2D eigenvalue weighted by atomic mass is 16.3. The van der Waals surface area contributed by atoms with Gasteiger partial charge in [0.05, 0.1) is 6.10 Å². The Morgan fingerprint density at radius 1 is 1.17 bits per heavy atom. The lowest BCUT2D eigenvalue weighted by molar-refractivity contribution is 0.111. The van der Waals surface area contributed by atoms with E-state index in [0.29, 0.717) is 24.1 Å². The molecule has 36 heavy (non-hydrogen) atoms. The lowest BCUT2D eigenvalue weighted by atomic mass is 9.93. The molecular formula is C29H42N6O. The van der Waals surface area contributed by atoms with Crippen molar-refractivity contribution in [1.29, 1.82) is 0 Å². The molecule has 3 N–H and O–H groups in total. The summed E-state index contributed by atoms with van der Waals surface area (Å²) in [5, 5.41) is 18.2. The number of piperazine rings is 1. The third kappa shape index (κ3) is 5.74. The summed E-state index contributed by atoms with van der Waals surface area (Å²) in [6, 6.07) is 10.3. The Balaban J connectivity index is 1.43. The number of benzene rings is 1. The van der Waals surface area contributed by atoms with Crippen LogP contribution in [0.2, 0.25) is 0 Å². The van der Waals surface area contributed by atoms with Crippen LogP contribution in [-0.2, 0) is 6.54 Å². The largest absolute Gasteiger partial charge is 0.393 e. The van der Waals surface area contributed by atoms with Gasteiger partial charge in [0.2, 0.25) is 5.95 Å². The predicted octanol–water partition coefficient (Wildman–Crippen LogP) is 4.97. The van der Waals surface area contributed by atoms with Crippen LogP contribution >= 0.6 is 0 Å². The van der Waals surface area contributed by atoms with Gasteiger partial charge in [-0.25, -0.2) is 4.98 Å². The summed E-state index contributed by atoms with van der Waals surface area (Å²) >= 11 is 0. The Bertz CT molecular complexity index is 1130. The van der Waals surface area contributed by atoms with Crippen molar-refractivity contribution >= 4 is 17.0 Å². The van der Waals surface area contributed by atoms with Gasteiger partial charge < -0.3 is 20.3 Å². The van der Waals surface area contributed by atoms with Crippen molar-refractivity contribution in [2.45, 2.75) is 90.1 Å². The third-order valence-electron chi connectivity index (χ3n) is 7.85. The first-order valence-corrected chi connectivity index (χ1v) is 13.9. The molecule has 1 saturated heterocycles. The van der Waals surface area contributed by atoms with Crippen molar-refractivity contribution in [1.82, 2.24) is 24.8 Å². The molecule has 0 radical (unpaired) electrons. The second-order valence-corrected chi connectivity index (χ2v) is 11.0. The molecule has 1 aliphatic carbocycles. The molecular weight excluding hydrogens is 448 g/mol. The van der Waals surface area contributed by atoms with Gasteiger partial charge in [-0.2, -0.15) is 4.98 Å². The van der Waals surface area contributed by atoms with Crippen molar-refractivity contribution < 1.29 is 5.11 Å². The standard InChI is InChI=1S/C29H42N6O/c1-4-5-20(2)32-29-31-16-26-27(19-35(28(26)33-29)24-10-12-25(36)13-11-24)23-8-6-22(7-9-23)18-34-15-14-30-21(3)17-34/h6-9,16,19-21,24-25,30,36H,4-5,10-15,17-18H2,1-3H3,(H,31,32,33)/t20?,21-,24?,25?/m0/s1. The van der Waals surface area contributed by atoms with Crippen LogP contribution in [0.1, 0.15) is 70.9 Å². The third-order valence-corrected chi connectivity index (χ3v) is 7.85. The van der Waals surface area contributed by atoms with E-state index in [4.69, 9.17) is 9.97 Å². The fourth-order valence-electron chi connectivity index (χ4n) is 5.87. The molecule has 2 aromatic heterocycles. The molecule has 2 aliphatic rings. The highest BCUT2D eigenvalue weighted by Crippen LogP contribution is 2.37. The molecule has 0 bridgehead atoms. The zero-order chi connectivity index (χ0) is 25.1. The minimum absolute atomic E-state index is 0.171. The molecule has 2 atom stereocenters. The molecule has 0 spiro atoms. The van der Waals surface area contributed by atoms with Crippen LogP contribution in [0.5, 0.6) is 0 Å². The van der Waals surface area contributed by atoms with Gasteiger partial charge in [-0.1, -0.05) is 37.6 Å². The summed E-state index contributed by atoms with van der Waals surface area (Å²) < 4.78 is 2.35. The zero-order valence-corrected chi connectivity index (χ0v) is 22.1. The summed E-state index contributed by atoms with van der Waals surface area (Å²) in [7, 11) is 0. The number of nitrogens with one attached hydrogen (secondary N) is 2. The first kappa shape index (κ1) is 25.2. The minimum atomic E-state index is -0.171. The van der Waals surface area contributed by atoms with Gasteiger partial charge in [-0.3, -0.25) is 4.90 Å². The number of nitrogens with zero attached hydrogens (tertiary/aromatic N) is 4. The first-order chi connectivity index (χ1) is 17.5. The molecule has 1 unspecified atom stereocenters. The maximum atomic E-state index is 10.1. The average molecular weight is 491 g/mol. The Labute approximate surface area is 215 Å². The highest BCUT2D eigenvalue weighted by molar-refractivity contribution is 5.94. The predicted molar refractivity (Wildman–Crippen MR) is 147 cm³/mol. The molecule has 1 saturated carbocycles. The van der Waals surface area contributed by atoms with Crippen LogP contribution in [0.3, 0.4) is 0 Å². The number of fused-ring (bicyclic) bond motifs is 1. The lowest BCUT2D eigenvalue weighted by Gasteiger charge is -2.31. The monoisotopic (exact) mass is 490 g/mol. The zero-order valence-electron chi connectivity index (χ0n) is 22.1. The van der Waals surface area contributed by atoms with Crippen molar-refractivity contribution in [3.05, 3.63) is 42.2 Å². The van der Waals surface area contributed by atoms with E-state index in [1.165, 1.54) is 16.7 Å². The van der Waals surface area contributed by atoms with E-state index in [1.54, 1.807) is 0 Å². The summed E-state index contributed by atoms with van der Waals surface area (Å²) in [5.74, 6) is 0.700. The summed E-state index contributed by atoms with van der Waals surface area (Å²) in [6.45, 7) is 10.9. The van der Waals surface area contributed by atoms with Crippen molar-refractivity contribution in [3.8, 4) is 11.1 Å². The quantitative estimate of drug-likeness (QED) is 0.414. The highest BCUT2D eigenvalue weighted by Gasteiger charge is 2.24. The topological polar surface area (TPSA) is 78.2 Å². The Morgan fingerprint density at radius 3 is 2.67 bits per heavy atom. The molecule has 7 nitrogen and oxygen atoms in total. The summed E-state index contributed by atoms with van der Waals surface area (Å²) in [6.07, 6.45) is 9.97. The number of aliphatic hydroxyl groups excluding tert-OH is 1. The number of aliphatic hydroxyl groups is 1. The van der Waals surface area contributed by atoms with Gasteiger partial charge in [0.1, 0.15) is 5.65 Å². The maximum absolute atomic E-state index is 10.1. The molecule has 5 rings (SSSR count). The van der Waals surface area contributed by atoms with E-state index in [-0.39, 0.29) is 6.10 Å². The van der Waals surface area contributed by atoms with Crippen LogP contribution in [0.15, 0.2) is 36.7 Å². The smallest absolute Gasteiger partial charge is 0.224 e. The van der Waals surface area contributed by atoms with E-state index in [2.05, 4.69) is 71.3 Å². The van der Waals surface area contributed by atoms with E-state index in [1.807, 2.05) is 6.20 Å². The minimum Gasteiger partial charge on any atom is -0.393 e. The molecule has 0 amide bonds. The van der Waals surface area contributed by atoms with Gasteiger partial charge in [-0.05, 0) is 57.1 Å². The van der Waals surface area contributed by atoms with Gasteiger partial charge in [0.25, 0.3) is 0 Å². The van der Waals surface area contributed by atoms with Crippen LogP contribution in [-0.4, -0.2) is 62.4 Å². The number of rotatable bonds is 8. The molecule has 194 valence electrons. The van der Waals surface area contributed by atoms with Crippen LogP contribution in [0, 0.1) is 0 Å². The van der Waals surface area contributed by atoms with Crippen molar-refractivity contribution in [2.75, 3.05) is 25.0 Å². The van der Waals surface area contributed by atoms with Crippen LogP contribution < -0.4 is 10.6 Å². The first-order valence-electron chi connectivity index (χ1n) is 13.9. The van der Waals surface area contributed by atoms with Crippen LogP contribution in [0.25, 0.3) is 22.2 Å². The molecule has 1 aromatic carbocycles. The van der Waals surface area contributed by atoms with E-state index >= 15 is 0 Å². The Hall–Kier alpha value is -2.48. The number of hydrogen-bond donors (Lipinski definition) is 3. The fourth-order valence-corrected chi connectivity index (χ4v) is 5.87. The van der Waals surface area contributed by atoms with Gasteiger partial charge in [-0.15, -0.1) is 0 Å². The van der Waals surface area contributed by atoms with Crippen molar-refractivity contribution in [2.24, 2.45) is 0 Å². The van der Waals surface area contributed by atoms with E-state index in [0.717, 1.165) is 75.7 Å². The second-order valence-electron chi connectivity index (χ2n) is 11.0. The fraction of sp³-hybridized carbons (Fsp3) is 0.586. The average Bonchev–Trinajstić information content (AvgIpc) is 3.24. The van der Waals surface area contributed by atoms with E-state index in [9.17, 15) is 5.11 Å². The Morgan fingerprint density at radius 2 is 1.94 bits per heavy atom. The second kappa shape index (κ2) is 11.3. The van der Waals surface area contributed by atoms with Gasteiger partial charge in [0.15, 0.2) is 0 Å². The summed E-state index contributed by atoms with van der Waals surface area (Å²) in [4.78, 5) is 12.2. The van der Waals surface area contributed by atoms with Crippen molar-refractivity contribution in [3.63, 3.8) is 0 Å². The van der Waals surface area contributed by atoms with Gasteiger partial charge in [0, 0.05) is 67.6 Å². The normalized spacial score (nSPS) is 24.2. The number of hydrogen-bond acceptors (Lipinski definition) is 6. The van der Waals surface area contributed by atoms with Crippen LogP contribution in [0.4, 0.5) is 5.95 Å². The molecule has 1 aliphatic heterocycles. The SMILES string of the molecule is CCCC(C)Nc1ncc2c(-c3ccc(CN4CCN[C@@H](C)C4)cc3)cn(C3CCC(O)CC3)c2n1. The molecule has 3 aromatic rings. The number of aromatic nitrogens is 3. The molecule has 2 fully saturated rings. The summed E-state index contributed by atoms with van der Waals surface area (Å²) in [5.41, 5.74) is 4.74. The number of anilines is 1. The van der Waals surface area contributed by atoms with E-state index < -0.39 is 0 Å². The molecule has 7 heteroatoms. The Kier molecular flexibility index (Phi) is 7.89.